The summed E-state index contributed by atoms with van der Waals surface area (Å²) in [6.45, 7) is 0.295. The van der Waals surface area contributed by atoms with Crippen LogP contribution in [0.2, 0.25) is 0 Å². The van der Waals surface area contributed by atoms with E-state index in [1.54, 1.807) is 44.7 Å². The minimum Gasteiger partial charge on any atom is -0.497 e. The summed E-state index contributed by atoms with van der Waals surface area (Å²) in [4.78, 5) is 16.0. The van der Waals surface area contributed by atoms with Gasteiger partial charge in [0.05, 0.1) is 20.4 Å². The molecule has 0 saturated heterocycles. The lowest BCUT2D eigenvalue weighted by molar-refractivity contribution is -0.116. The number of ether oxygens (including phenoxy) is 3. The lowest BCUT2D eigenvalue weighted by Crippen LogP contribution is -2.20. The second-order valence-electron chi connectivity index (χ2n) is 6.25. The summed E-state index contributed by atoms with van der Waals surface area (Å²) >= 11 is 0. The number of benzene rings is 2. The van der Waals surface area contributed by atoms with Gasteiger partial charge in [-0.15, -0.1) is 0 Å². The first-order valence-corrected chi connectivity index (χ1v) is 9.12. The quantitative estimate of drug-likeness (QED) is 0.561. The Balaban J connectivity index is 1.59. The van der Waals surface area contributed by atoms with E-state index >= 15 is 0 Å². The van der Waals surface area contributed by atoms with Gasteiger partial charge in [0.15, 0.2) is 11.6 Å². The lowest BCUT2D eigenvalue weighted by atomic mass is 10.2. The van der Waals surface area contributed by atoms with Gasteiger partial charge in [-0.05, 0) is 53.6 Å². The molecule has 0 aliphatic carbocycles. The molecule has 154 valence electrons. The summed E-state index contributed by atoms with van der Waals surface area (Å²) in [5.41, 5.74) is 1.36. The van der Waals surface area contributed by atoms with E-state index in [1.165, 1.54) is 30.5 Å². The van der Waals surface area contributed by atoms with Crippen molar-refractivity contribution in [3.8, 4) is 23.0 Å². The van der Waals surface area contributed by atoms with Crippen LogP contribution >= 0.6 is 0 Å². The van der Waals surface area contributed by atoms with E-state index in [-0.39, 0.29) is 11.7 Å². The molecule has 1 N–H and O–H groups in total. The van der Waals surface area contributed by atoms with E-state index in [0.717, 1.165) is 5.56 Å². The van der Waals surface area contributed by atoms with Gasteiger partial charge in [-0.25, -0.2) is 4.39 Å². The zero-order chi connectivity index (χ0) is 21.3. The number of nitrogens with zero attached hydrogens (tertiary/aromatic N) is 1. The molecule has 30 heavy (non-hydrogen) atoms. The third-order valence-corrected chi connectivity index (χ3v) is 4.12. The standard InChI is InChI=1S/C23H21FN2O4/c1-28-19-10-17(11-20(13-19)29-2)14-26-23(27)8-6-16-5-7-22(21(24)12-16)30-18-4-3-9-25-15-18/h3-13,15H,14H2,1-2H3,(H,26,27)/b8-6+. The van der Waals surface area contributed by atoms with Gasteiger partial charge in [0.1, 0.15) is 17.2 Å². The van der Waals surface area contributed by atoms with E-state index < -0.39 is 5.82 Å². The zero-order valence-corrected chi connectivity index (χ0v) is 16.6. The highest BCUT2D eigenvalue weighted by molar-refractivity contribution is 5.91. The maximum Gasteiger partial charge on any atom is 0.244 e. The van der Waals surface area contributed by atoms with E-state index in [0.29, 0.717) is 29.4 Å². The highest BCUT2D eigenvalue weighted by atomic mass is 19.1. The number of hydrogen-bond donors (Lipinski definition) is 1. The van der Waals surface area contributed by atoms with Crippen molar-refractivity contribution in [3.05, 3.63) is 83.9 Å². The van der Waals surface area contributed by atoms with Gasteiger partial charge in [-0.1, -0.05) is 6.07 Å². The molecule has 2 aromatic carbocycles. The molecule has 3 rings (SSSR count). The number of pyridine rings is 1. The van der Waals surface area contributed by atoms with Gasteiger partial charge >= 0.3 is 0 Å². The molecule has 0 aliphatic rings. The Hall–Kier alpha value is -3.87. The van der Waals surface area contributed by atoms with Gasteiger partial charge in [0, 0.05) is 24.9 Å². The number of carbonyl (C=O) groups is 1. The molecule has 1 heterocycles. The van der Waals surface area contributed by atoms with Crippen LogP contribution in [0.15, 0.2) is 67.0 Å². The zero-order valence-electron chi connectivity index (χ0n) is 16.6. The van der Waals surface area contributed by atoms with Crippen molar-refractivity contribution >= 4 is 12.0 Å². The monoisotopic (exact) mass is 408 g/mol. The van der Waals surface area contributed by atoms with Crippen LogP contribution in [0.4, 0.5) is 4.39 Å². The molecule has 0 aliphatic heterocycles. The predicted octanol–water partition coefficient (Wildman–Crippen LogP) is 4.36. The second kappa shape index (κ2) is 10.1. The summed E-state index contributed by atoms with van der Waals surface area (Å²) in [5, 5.41) is 2.77. The molecule has 0 spiro atoms. The van der Waals surface area contributed by atoms with Gasteiger partial charge in [0.25, 0.3) is 0 Å². The molecule has 0 fully saturated rings. The highest BCUT2D eigenvalue weighted by Gasteiger charge is 2.06. The molecule has 1 amide bonds. The Kier molecular flexibility index (Phi) is 7.00. The van der Waals surface area contributed by atoms with E-state index in [1.807, 2.05) is 12.1 Å². The van der Waals surface area contributed by atoms with Crippen molar-refractivity contribution in [2.45, 2.75) is 6.54 Å². The molecule has 1 aromatic heterocycles. The highest BCUT2D eigenvalue weighted by Crippen LogP contribution is 2.25. The predicted molar refractivity (Wildman–Crippen MR) is 111 cm³/mol. The van der Waals surface area contributed by atoms with E-state index in [9.17, 15) is 9.18 Å². The molecule has 0 atom stereocenters. The molecule has 0 bridgehead atoms. The number of aromatic nitrogens is 1. The topological polar surface area (TPSA) is 69.7 Å². The minimum absolute atomic E-state index is 0.0802. The van der Waals surface area contributed by atoms with Crippen molar-refractivity contribution in [2.75, 3.05) is 14.2 Å². The van der Waals surface area contributed by atoms with Crippen molar-refractivity contribution < 1.29 is 23.4 Å². The average Bonchev–Trinajstić information content (AvgIpc) is 2.78. The number of carbonyl (C=O) groups excluding carboxylic acids is 1. The van der Waals surface area contributed by atoms with Crippen LogP contribution in [-0.2, 0) is 11.3 Å². The van der Waals surface area contributed by atoms with Crippen LogP contribution in [0.1, 0.15) is 11.1 Å². The van der Waals surface area contributed by atoms with Gasteiger partial charge < -0.3 is 19.5 Å². The van der Waals surface area contributed by atoms with E-state index in [4.69, 9.17) is 14.2 Å². The number of rotatable bonds is 8. The van der Waals surface area contributed by atoms with Crippen LogP contribution in [0.5, 0.6) is 23.0 Å². The molecular weight excluding hydrogens is 387 g/mol. The van der Waals surface area contributed by atoms with Gasteiger partial charge in [0.2, 0.25) is 5.91 Å². The second-order valence-corrected chi connectivity index (χ2v) is 6.25. The molecular formula is C23H21FN2O4. The maximum atomic E-state index is 14.3. The van der Waals surface area contributed by atoms with Crippen LogP contribution in [-0.4, -0.2) is 25.1 Å². The normalized spacial score (nSPS) is 10.6. The first-order valence-electron chi connectivity index (χ1n) is 9.12. The van der Waals surface area contributed by atoms with Crippen molar-refractivity contribution in [1.82, 2.24) is 10.3 Å². The number of amides is 1. The first kappa shape index (κ1) is 20.9. The fraction of sp³-hybridized carbons (Fsp3) is 0.130. The Bertz CT molecular complexity index is 1020. The Labute approximate surface area is 173 Å². The number of halogens is 1. The van der Waals surface area contributed by atoms with Crippen molar-refractivity contribution in [2.24, 2.45) is 0 Å². The Morgan fingerprint density at radius 3 is 2.47 bits per heavy atom. The molecule has 6 nitrogen and oxygen atoms in total. The molecule has 7 heteroatoms. The molecule has 0 saturated carbocycles. The summed E-state index contributed by atoms with van der Waals surface area (Å²) in [6.07, 6.45) is 5.97. The van der Waals surface area contributed by atoms with Gasteiger partial charge in [-0.3, -0.25) is 9.78 Å². The minimum atomic E-state index is -0.537. The number of hydrogen-bond acceptors (Lipinski definition) is 5. The van der Waals surface area contributed by atoms with Crippen LogP contribution < -0.4 is 19.5 Å². The number of methoxy groups -OCH3 is 2. The summed E-state index contributed by atoms with van der Waals surface area (Å²) in [5.74, 6) is 0.944. The van der Waals surface area contributed by atoms with Crippen LogP contribution in [0, 0.1) is 5.82 Å². The Morgan fingerprint density at radius 1 is 1.07 bits per heavy atom. The smallest absolute Gasteiger partial charge is 0.244 e. The third-order valence-electron chi connectivity index (χ3n) is 4.12. The summed E-state index contributed by atoms with van der Waals surface area (Å²) in [7, 11) is 3.12. The maximum absolute atomic E-state index is 14.3. The fourth-order valence-corrected chi connectivity index (χ4v) is 2.63. The average molecular weight is 408 g/mol. The first-order chi connectivity index (χ1) is 14.6. The SMILES string of the molecule is COc1cc(CNC(=O)/C=C/c2ccc(Oc3cccnc3)c(F)c2)cc(OC)c1. The third kappa shape index (κ3) is 5.81. The molecule has 0 radical (unpaired) electrons. The lowest BCUT2D eigenvalue weighted by Gasteiger charge is -2.09. The summed E-state index contributed by atoms with van der Waals surface area (Å²) in [6, 6.07) is 13.2. The molecule has 3 aromatic rings. The van der Waals surface area contributed by atoms with Crippen LogP contribution in [0.25, 0.3) is 6.08 Å². The summed E-state index contributed by atoms with van der Waals surface area (Å²) < 4.78 is 30.1. The van der Waals surface area contributed by atoms with E-state index in [2.05, 4.69) is 10.3 Å². The van der Waals surface area contributed by atoms with Gasteiger partial charge in [-0.2, -0.15) is 0 Å². The van der Waals surface area contributed by atoms with Crippen molar-refractivity contribution in [1.29, 1.82) is 0 Å². The fourth-order valence-electron chi connectivity index (χ4n) is 2.63. The number of nitrogens with one attached hydrogen (secondary N) is 1. The Morgan fingerprint density at radius 2 is 1.83 bits per heavy atom. The largest absolute Gasteiger partial charge is 0.497 e. The molecule has 0 unspecified atom stereocenters. The van der Waals surface area contributed by atoms with Crippen molar-refractivity contribution in [3.63, 3.8) is 0 Å². The van der Waals surface area contributed by atoms with Crippen LogP contribution in [0.3, 0.4) is 0 Å².